The van der Waals surface area contributed by atoms with Crippen LogP contribution in [-0.2, 0) is 25.7 Å². The first-order valence-corrected chi connectivity index (χ1v) is 42.9. The third-order valence-corrected chi connectivity index (χ3v) is 25.0. The molecule has 499 valence electrons. The van der Waals surface area contributed by atoms with Gasteiger partial charge in [0.15, 0.2) is 0 Å². The summed E-state index contributed by atoms with van der Waals surface area (Å²) >= 11 is 21.1. The van der Waals surface area contributed by atoms with Crippen molar-refractivity contribution in [2.75, 3.05) is 0 Å². The summed E-state index contributed by atoms with van der Waals surface area (Å²) in [6, 6.07) is 18.7. The molecule has 8 rings (SSSR count). The number of hydrogen-bond donors (Lipinski definition) is 1. The minimum absolute atomic E-state index is 1.04. The third kappa shape index (κ3) is 29.0. The van der Waals surface area contributed by atoms with E-state index in [1.54, 1.807) is 0 Å². The van der Waals surface area contributed by atoms with Crippen LogP contribution in [0.4, 0.5) is 0 Å². The van der Waals surface area contributed by atoms with Gasteiger partial charge in [-0.25, -0.2) is 0 Å². The monoisotopic (exact) mass is 1490 g/mol. The van der Waals surface area contributed by atoms with Gasteiger partial charge in [0.25, 0.3) is 0 Å². The molecule has 91 heavy (non-hydrogen) atoms. The van der Waals surface area contributed by atoms with Gasteiger partial charge < -0.3 is 0 Å². The van der Waals surface area contributed by atoms with E-state index in [4.69, 9.17) is 17.5 Å². The van der Waals surface area contributed by atoms with Crippen LogP contribution in [0.3, 0.4) is 0 Å². The van der Waals surface area contributed by atoms with Crippen molar-refractivity contribution in [2.45, 2.75) is 310 Å². The number of rotatable bonds is 48. The van der Waals surface area contributed by atoms with Gasteiger partial charge in [0, 0.05) is 41.8 Å². The normalized spacial score (nSPS) is 11.5. The summed E-state index contributed by atoms with van der Waals surface area (Å²) in [5, 5.41) is 4.73. The molecule has 5 nitrogen and oxygen atoms in total. The Bertz CT molecular complexity index is 2950. The summed E-state index contributed by atoms with van der Waals surface area (Å²) in [4.78, 5) is 5.25. The van der Waals surface area contributed by atoms with Crippen molar-refractivity contribution in [1.29, 1.82) is 0 Å². The van der Waals surface area contributed by atoms with Crippen molar-refractivity contribution in [3.8, 4) is 41.8 Å². The van der Waals surface area contributed by atoms with E-state index >= 15 is 0 Å². The standard InChI is InChI=1S/C38H54Br2N2S3.C38H56N2S3.BHNS/c1-3-5-7-9-11-13-15-17-19-21-23-29-27-33(43-37(29)39)31-25-26-32(36-35(31)41-45-42-36)34-28-30(38(40)44-34)24-22-20-18-16-14-12-10-8-6-4-2;1-3-5-7-9-11-13-15-17-19-21-23-31-27-35(41-29-31)33-25-26-34(38-37(33)39-43-40-38)36-28-32(30-42-36)24-22-20-18-16-14-12-10-8-6-4-2;1-2-3/h25-28H,3-24H2,1-2H3;25-30H,3-24H2,1-2H3;3H. The Balaban J connectivity index is 0.000000278. The van der Waals surface area contributed by atoms with E-state index in [0.29, 0.717) is 0 Å². The molecule has 0 aliphatic rings. The first kappa shape index (κ1) is 78.1. The van der Waals surface area contributed by atoms with Gasteiger partial charge in [-0.3, -0.25) is 0 Å². The van der Waals surface area contributed by atoms with Crippen molar-refractivity contribution in [3.05, 3.63) is 89.1 Å². The van der Waals surface area contributed by atoms with Crippen molar-refractivity contribution in [1.82, 2.24) is 17.5 Å². The van der Waals surface area contributed by atoms with Crippen molar-refractivity contribution in [2.24, 2.45) is 4.30 Å². The molecule has 0 spiro atoms. The summed E-state index contributed by atoms with van der Waals surface area (Å²) < 4.78 is 24.4. The first-order chi connectivity index (χ1) is 44.8. The van der Waals surface area contributed by atoms with E-state index in [1.165, 1.54) is 365 Å². The quantitative estimate of drug-likeness (QED) is 0.0234. The fourth-order valence-electron chi connectivity index (χ4n) is 12.5. The first-order valence-electron chi connectivity index (χ1n) is 36.1. The molecule has 0 amide bonds. The molecular weight excluding hydrogens is 1380 g/mol. The Hall–Kier alpha value is -1.95. The van der Waals surface area contributed by atoms with Crippen LogP contribution < -0.4 is 0 Å². The molecule has 0 fully saturated rings. The molecule has 0 bridgehead atoms. The van der Waals surface area contributed by atoms with Crippen LogP contribution in [0.5, 0.6) is 0 Å². The second-order valence-electron chi connectivity index (χ2n) is 25.5. The Kier molecular flexibility index (Phi) is 41.8. The van der Waals surface area contributed by atoms with Gasteiger partial charge in [-0.05, 0) is 141 Å². The number of hydrogen-bond acceptors (Lipinski definition) is 12. The Morgan fingerprint density at radius 1 is 0.341 bits per heavy atom. The molecule has 6 heterocycles. The number of nitrogens with zero attached hydrogens (tertiary/aromatic N) is 5. The number of benzene rings is 2. The molecule has 0 saturated heterocycles. The Morgan fingerprint density at radius 2 is 0.571 bits per heavy atom. The van der Waals surface area contributed by atoms with Crippen molar-refractivity contribution >= 4 is 143 Å². The van der Waals surface area contributed by atoms with Crippen LogP contribution >= 0.6 is 113 Å². The zero-order valence-electron chi connectivity index (χ0n) is 56.4. The number of thiophene rings is 4. The van der Waals surface area contributed by atoms with Crippen LogP contribution in [0.1, 0.15) is 307 Å². The van der Waals surface area contributed by atoms with Gasteiger partial charge in [0.1, 0.15) is 22.1 Å². The average Bonchev–Trinajstić information content (AvgIpc) is 1.85. The molecule has 0 saturated carbocycles. The third-order valence-electron chi connectivity index (χ3n) is 18.0. The van der Waals surface area contributed by atoms with E-state index in [-0.39, 0.29) is 0 Å². The van der Waals surface area contributed by atoms with E-state index in [1.807, 2.05) is 45.3 Å². The van der Waals surface area contributed by atoms with Crippen LogP contribution in [-0.4, -0.2) is 25.1 Å². The van der Waals surface area contributed by atoms with Crippen molar-refractivity contribution < 1.29 is 0 Å². The molecule has 2 aromatic carbocycles. The number of halogens is 2. The second-order valence-corrected chi connectivity index (χ2v) is 33.4. The molecule has 15 heteroatoms. The zero-order valence-corrected chi connectivity index (χ0v) is 65.3. The maximum atomic E-state index is 4.80. The summed E-state index contributed by atoms with van der Waals surface area (Å²) in [5.74, 6) is 0. The van der Waals surface area contributed by atoms with E-state index < -0.39 is 0 Å². The molecule has 0 unspecified atom stereocenters. The zero-order chi connectivity index (χ0) is 64.4. The number of fused-ring (bicyclic) bond motifs is 2. The fraction of sp³-hybridized carbons (Fsp3) is 0.632. The van der Waals surface area contributed by atoms with E-state index in [9.17, 15) is 0 Å². The van der Waals surface area contributed by atoms with E-state index in [2.05, 4.69) is 144 Å². The number of aryl methyl sites for hydroxylation is 4. The summed E-state index contributed by atoms with van der Waals surface area (Å²) in [6.07, 6.45) is 60.1. The van der Waals surface area contributed by atoms with Gasteiger partial charge in [-0.15, -0.1) is 45.3 Å². The van der Waals surface area contributed by atoms with Crippen LogP contribution in [0.2, 0.25) is 0 Å². The molecule has 1 radical (unpaired) electrons. The number of aromatic nitrogens is 4. The predicted molar refractivity (Wildman–Crippen MR) is 423 cm³/mol. The van der Waals surface area contributed by atoms with Gasteiger partial charge in [0.2, 0.25) is 0 Å². The molecule has 0 N–H and O–H groups in total. The van der Waals surface area contributed by atoms with Crippen LogP contribution in [0, 0.1) is 0 Å². The fourth-order valence-corrected chi connectivity index (χ4v) is 19.2. The Labute approximate surface area is 600 Å². The summed E-state index contributed by atoms with van der Waals surface area (Å²) in [7, 11) is 4.34. The van der Waals surface area contributed by atoms with Gasteiger partial charge in [-0.2, -0.15) is 17.5 Å². The topological polar surface area (TPSA) is 63.9 Å². The summed E-state index contributed by atoms with van der Waals surface area (Å²) in [6.45, 7) is 9.17. The van der Waals surface area contributed by atoms with Crippen molar-refractivity contribution in [3.63, 3.8) is 0 Å². The molecule has 0 aliphatic heterocycles. The SMILES string of the molecule is CCCCCCCCCCCCc1cc(-c2ccc(-c3cc(CCCCCCCCCCCC)c(Br)s3)c3nsnc23)sc1Br.CCCCCCCCCCCCc1csc(-c2ccc(-c3cc(CCCCCCCCCCCC)cs3)c3nsnc23)c1.[B]=NS. The second kappa shape index (κ2) is 48.7. The predicted octanol–water partition coefficient (Wildman–Crippen LogP) is 29.9. The average molecular weight is 1490 g/mol. The molecule has 0 atom stereocenters. The van der Waals surface area contributed by atoms with Crippen LogP contribution in [0.15, 0.2) is 71.2 Å². The van der Waals surface area contributed by atoms with Gasteiger partial charge in [0.05, 0.1) is 31.0 Å². The van der Waals surface area contributed by atoms with Crippen LogP contribution in [0.25, 0.3) is 63.8 Å². The van der Waals surface area contributed by atoms with Gasteiger partial charge >= 0.3 is 24.8 Å². The Morgan fingerprint density at radius 3 is 0.835 bits per heavy atom. The van der Waals surface area contributed by atoms with Gasteiger partial charge in [-0.1, -0.05) is 283 Å². The maximum absolute atomic E-state index is 4.80. The number of unbranched alkanes of at least 4 members (excludes halogenated alkanes) is 36. The number of thiol groups is 1. The minimum atomic E-state index is 1.04. The van der Waals surface area contributed by atoms with E-state index in [0.717, 1.165) is 34.9 Å². The molecule has 8 aromatic rings. The summed E-state index contributed by atoms with van der Waals surface area (Å²) in [5.41, 5.74) is 15.0. The molecular formula is C76H111BBr2N5S7. The molecule has 0 aliphatic carbocycles. The molecule has 6 aromatic heterocycles.